The molecule has 0 spiro atoms. The summed E-state index contributed by atoms with van der Waals surface area (Å²) in [6.07, 6.45) is 0. The van der Waals surface area contributed by atoms with Crippen molar-refractivity contribution in [1.29, 1.82) is 0 Å². The van der Waals surface area contributed by atoms with Crippen molar-refractivity contribution in [2.24, 2.45) is 0 Å². The lowest BCUT2D eigenvalue weighted by molar-refractivity contribution is -0.133. The number of carbonyl (C=O) groups excluding carboxylic acids is 1. The van der Waals surface area contributed by atoms with E-state index in [1.807, 2.05) is 6.92 Å². The minimum absolute atomic E-state index is 0.151. The summed E-state index contributed by atoms with van der Waals surface area (Å²) in [6.45, 7) is 3.19. The van der Waals surface area contributed by atoms with Crippen LogP contribution in [-0.4, -0.2) is 20.9 Å². The molecule has 0 unspecified atom stereocenters. The molecule has 116 valence electrons. The van der Waals surface area contributed by atoms with Crippen LogP contribution >= 0.6 is 0 Å². The van der Waals surface area contributed by atoms with Crippen molar-refractivity contribution in [2.45, 2.75) is 18.7 Å². The Balaban J connectivity index is 1.98. The van der Waals surface area contributed by atoms with Crippen molar-refractivity contribution in [2.75, 3.05) is 6.54 Å². The maximum absolute atomic E-state index is 12.1. The standard InChI is InChI=1S/C16H17NO4S/c1-12-7-9-14(10-8-12)21-16(18)11-17-22(19,20)15-6-4-3-5-13(15)2/h3-10,17H,11H2,1-2H3. The van der Waals surface area contributed by atoms with Gasteiger partial charge in [-0.25, -0.2) is 8.42 Å². The predicted molar refractivity (Wildman–Crippen MR) is 83.2 cm³/mol. The largest absolute Gasteiger partial charge is 0.426 e. The Morgan fingerprint density at radius 1 is 1.05 bits per heavy atom. The number of sulfonamides is 1. The lowest BCUT2D eigenvalue weighted by atomic mass is 10.2. The van der Waals surface area contributed by atoms with E-state index in [0.717, 1.165) is 5.56 Å². The van der Waals surface area contributed by atoms with Gasteiger partial charge in [-0.2, -0.15) is 4.72 Å². The number of aryl methyl sites for hydroxylation is 2. The molecule has 0 fully saturated rings. The number of nitrogens with one attached hydrogen (secondary N) is 1. The third-order valence-electron chi connectivity index (χ3n) is 3.04. The molecule has 0 atom stereocenters. The second-order valence-corrected chi connectivity index (χ2v) is 6.61. The average Bonchev–Trinajstić information content (AvgIpc) is 2.48. The topological polar surface area (TPSA) is 72.5 Å². The van der Waals surface area contributed by atoms with Gasteiger partial charge >= 0.3 is 5.97 Å². The normalized spacial score (nSPS) is 11.2. The molecule has 2 aromatic carbocycles. The highest BCUT2D eigenvalue weighted by molar-refractivity contribution is 7.89. The van der Waals surface area contributed by atoms with E-state index in [2.05, 4.69) is 4.72 Å². The van der Waals surface area contributed by atoms with Gasteiger partial charge in [-0.05, 0) is 37.6 Å². The van der Waals surface area contributed by atoms with Gasteiger partial charge in [-0.1, -0.05) is 35.9 Å². The van der Waals surface area contributed by atoms with Gasteiger partial charge in [0.25, 0.3) is 0 Å². The van der Waals surface area contributed by atoms with Gasteiger partial charge in [0.05, 0.1) is 4.90 Å². The Morgan fingerprint density at radius 2 is 1.68 bits per heavy atom. The Bertz CT molecular complexity index is 767. The van der Waals surface area contributed by atoms with E-state index in [-0.39, 0.29) is 4.90 Å². The van der Waals surface area contributed by atoms with E-state index in [0.29, 0.717) is 11.3 Å². The van der Waals surface area contributed by atoms with E-state index in [1.54, 1.807) is 49.4 Å². The molecule has 0 bridgehead atoms. The van der Waals surface area contributed by atoms with Gasteiger partial charge in [0, 0.05) is 0 Å². The van der Waals surface area contributed by atoms with Crippen molar-refractivity contribution in [3.63, 3.8) is 0 Å². The fourth-order valence-electron chi connectivity index (χ4n) is 1.86. The smallest absolute Gasteiger partial charge is 0.326 e. The molecule has 2 aromatic rings. The SMILES string of the molecule is Cc1ccc(OC(=O)CNS(=O)(=O)c2ccccc2C)cc1. The Hall–Kier alpha value is -2.18. The van der Waals surface area contributed by atoms with Gasteiger partial charge in [-0.15, -0.1) is 0 Å². The summed E-state index contributed by atoms with van der Waals surface area (Å²) in [5.74, 6) is -0.285. The molecule has 0 aliphatic heterocycles. The molecular formula is C16H17NO4S. The number of hydrogen-bond acceptors (Lipinski definition) is 4. The van der Waals surface area contributed by atoms with Gasteiger partial charge in [0.1, 0.15) is 12.3 Å². The molecule has 0 aromatic heterocycles. The number of esters is 1. The zero-order valence-electron chi connectivity index (χ0n) is 12.4. The molecule has 2 rings (SSSR count). The van der Waals surface area contributed by atoms with Crippen molar-refractivity contribution in [1.82, 2.24) is 4.72 Å². The highest BCUT2D eigenvalue weighted by atomic mass is 32.2. The monoisotopic (exact) mass is 319 g/mol. The van der Waals surface area contributed by atoms with Crippen LogP contribution in [-0.2, 0) is 14.8 Å². The maximum Gasteiger partial charge on any atom is 0.326 e. The lowest BCUT2D eigenvalue weighted by Gasteiger charge is -2.09. The average molecular weight is 319 g/mol. The third-order valence-corrected chi connectivity index (χ3v) is 4.60. The van der Waals surface area contributed by atoms with Crippen LogP contribution in [0.5, 0.6) is 5.75 Å². The van der Waals surface area contributed by atoms with Crippen LogP contribution in [0, 0.1) is 13.8 Å². The second kappa shape index (κ2) is 6.72. The van der Waals surface area contributed by atoms with Gasteiger partial charge < -0.3 is 4.74 Å². The summed E-state index contributed by atoms with van der Waals surface area (Å²) >= 11 is 0. The number of ether oxygens (including phenoxy) is 1. The van der Waals surface area contributed by atoms with Gasteiger partial charge in [-0.3, -0.25) is 4.79 Å². The van der Waals surface area contributed by atoms with Gasteiger partial charge in [0.15, 0.2) is 0 Å². The first kappa shape index (κ1) is 16.2. The molecule has 0 radical (unpaired) electrons. The van der Waals surface area contributed by atoms with Crippen molar-refractivity contribution in [3.8, 4) is 5.75 Å². The molecular weight excluding hydrogens is 302 g/mol. The Morgan fingerprint density at radius 3 is 2.32 bits per heavy atom. The van der Waals surface area contributed by atoms with Crippen molar-refractivity contribution in [3.05, 3.63) is 59.7 Å². The van der Waals surface area contributed by atoms with Crippen molar-refractivity contribution >= 4 is 16.0 Å². The van der Waals surface area contributed by atoms with E-state index in [1.165, 1.54) is 6.07 Å². The van der Waals surface area contributed by atoms with Crippen LogP contribution in [0.2, 0.25) is 0 Å². The molecule has 0 saturated heterocycles. The Labute approximate surface area is 130 Å². The maximum atomic E-state index is 12.1. The van der Waals surface area contributed by atoms with Crippen LogP contribution in [0.1, 0.15) is 11.1 Å². The number of rotatable bonds is 5. The van der Waals surface area contributed by atoms with Crippen LogP contribution in [0.25, 0.3) is 0 Å². The number of hydrogen-bond donors (Lipinski definition) is 1. The van der Waals surface area contributed by atoms with Crippen LogP contribution in [0.15, 0.2) is 53.4 Å². The summed E-state index contributed by atoms with van der Waals surface area (Å²) in [5, 5.41) is 0. The molecule has 22 heavy (non-hydrogen) atoms. The summed E-state index contributed by atoms with van der Waals surface area (Å²) in [7, 11) is -3.74. The first-order chi connectivity index (χ1) is 10.4. The highest BCUT2D eigenvalue weighted by Gasteiger charge is 2.18. The molecule has 0 saturated carbocycles. The second-order valence-electron chi connectivity index (χ2n) is 4.88. The highest BCUT2D eigenvalue weighted by Crippen LogP contribution is 2.14. The predicted octanol–water partition coefficient (Wildman–Crippen LogP) is 2.19. The van der Waals surface area contributed by atoms with Crippen LogP contribution < -0.4 is 9.46 Å². The first-order valence-electron chi connectivity index (χ1n) is 6.71. The molecule has 0 aliphatic carbocycles. The minimum Gasteiger partial charge on any atom is -0.426 e. The molecule has 0 heterocycles. The molecule has 1 N–H and O–H groups in total. The molecule has 0 amide bonds. The molecule has 5 nitrogen and oxygen atoms in total. The zero-order valence-corrected chi connectivity index (χ0v) is 13.2. The fraction of sp³-hybridized carbons (Fsp3) is 0.188. The van der Waals surface area contributed by atoms with E-state index < -0.39 is 22.5 Å². The fourth-order valence-corrected chi connectivity index (χ4v) is 3.08. The molecule has 6 heteroatoms. The van der Waals surface area contributed by atoms with E-state index >= 15 is 0 Å². The van der Waals surface area contributed by atoms with Crippen LogP contribution in [0.3, 0.4) is 0 Å². The Kier molecular flexibility index (Phi) is 4.95. The number of carbonyl (C=O) groups is 1. The quantitative estimate of drug-likeness (QED) is 0.677. The van der Waals surface area contributed by atoms with E-state index in [4.69, 9.17) is 4.74 Å². The summed E-state index contributed by atoms with van der Waals surface area (Å²) in [4.78, 5) is 11.9. The third kappa shape index (κ3) is 4.16. The minimum atomic E-state index is -3.74. The summed E-state index contributed by atoms with van der Waals surface area (Å²) in [6, 6.07) is 13.5. The van der Waals surface area contributed by atoms with Crippen LogP contribution in [0.4, 0.5) is 0 Å². The summed E-state index contributed by atoms with van der Waals surface area (Å²) < 4.78 is 31.6. The number of benzene rings is 2. The zero-order chi connectivity index (χ0) is 16.2. The van der Waals surface area contributed by atoms with Crippen molar-refractivity contribution < 1.29 is 17.9 Å². The lowest BCUT2D eigenvalue weighted by Crippen LogP contribution is -2.32. The first-order valence-corrected chi connectivity index (χ1v) is 8.19. The molecule has 0 aliphatic rings. The summed E-state index contributed by atoms with van der Waals surface area (Å²) in [5.41, 5.74) is 1.65. The van der Waals surface area contributed by atoms with Gasteiger partial charge in [0.2, 0.25) is 10.0 Å². The van der Waals surface area contributed by atoms with E-state index in [9.17, 15) is 13.2 Å².